The minimum absolute atomic E-state index is 0.0452. The van der Waals surface area contributed by atoms with Crippen molar-refractivity contribution in [2.45, 2.75) is 49.1 Å². The van der Waals surface area contributed by atoms with E-state index in [2.05, 4.69) is 24.9 Å². The van der Waals surface area contributed by atoms with Crippen LogP contribution in [0.15, 0.2) is 29.7 Å². The van der Waals surface area contributed by atoms with Crippen LogP contribution < -0.4 is 17.0 Å². The molecule has 0 radical (unpaired) electrons. The van der Waals surface area contributed by atoms with E-state index in [1.807, 2.05) is 0 Å². The van der Waals surface area contributed by atoms with Gasteiger partial charge in [0.25, 0.3) is 5.56 Å². The second-order valence-electron chi connectivity index (χ2n) is 10.3. The number of aliphatic hydroxyl groups is 2. The largest absolute Gasteiger partial charge is 0.472 e. The summed E-state index contributed by atoms with van der Waals surface area (Å²) in [6, 6.07) is 1.41. The molecule has 0 aromatic carbocycles. The Morgan fingerprint density at radius 2 is 1.62 bits per heavy atom. The second-order valence-corrected chi connectivity index (χ2v) is 14.5. The number of rotatable bonds is 2. The molecule has 4 aromatic heterocycles. The number of ether oxygens (including phenoxy) is 2. The average molecular weight is 689 g/mol. The van der Waals surface area contributed by atoms with Crippen LogP contribution in [0, 0.1) is 0 Å². The molecule has 3 aliphatic heterocycles. The first-order valence-electron chi connectivity index (χ1n) is 13.1. The fourth-order valence-corrected chi connectivity index (χ4v) is 7.76. The zero-order valence-corrected chi connectivity index (χ0v) is 25.1. The summed E-state index contributed by atoms with van der Waals surface area (Å²) in [6.07, 6.45) is -7.81. The Morgan fingerprint density at radius 3 is 2.36 bits per heavy atom. The molecule has 242 valence electrons. The molecule has 10 atom stereocenters. The third-order valence-electron chi connectivity index (χ3n) is 7.47. The highest BCUT2D eigenvalue weighted by molar-refractivity contribution is 8.07. The van der Waals surface area contributed by atoms with Gasteiger partial charge in [-0.05, 0) is 17.9 Å². The quantitative estimate of drug-likeness (QED) is 0.116. The number of anilines is 2. The van der Waals surface area contributed by atoms with Crippen LogP contribution in [0.3, 0.4) is 0 Å². The molecule has 7 heterocycles. The van der Waals surface area contributed by atoms with Crippen molar-refractivity contribution in [3.8, 4) is 0 Å². The zero-order valence-electron chi connectivity index (χ0n) is 22.5. The molecule has 3 fully saturated rings. The third kappa shape index (κ3) is 5.46. The third-order valence-corrected chi connectivity index (χ3v) is 10.0. The molecule has 0 amide bonds. The lowest BCUT2D eigenvalue weighted by Crippen LogP contribution is -2.38. The van der Waals surface area contributed by atoms with Gasteiger partial charge in [0.1, 0.15) is 48.5 Å². The lowest BCUT2D eigenvalue weighted by atomic mass is 10.1. The van der Waals surface area contributed by atoms with E-state index in [4.69, 9.17) is 50.8 Å². The standard InChI is InChI=1S/C21H25N9O12P2S/c22-15-10-17(25-5-24-15)30(6-26-10)20-13-11(31)9(40-20)4-38-44(36,45)42-14-12(32)8(3-37-43(34,35)41-13)39-19(14)29-2-1-7-16(29)27-21(23)28-18(7)33/h1-2,5-6,8-9,11-14,19-20,31-32H,3-4H2,(H,34,35)(H,36,45)(H2,22,24,25)(H3,23,27,28,33)/t8-,9-,11?,12?,13?,14?,19-,20-,44?/m1/s1. The van der Waals surface area contributed by atoms with Crippen LogP contribution in [0.5, 0.6) is 0 Å². The molecule has 0 saturated carbocycles. The normalized spacial score (nSPS) is 37.7. The van der Waals surface area contributed by atoms with Gasteiger partial charge in [0.05, 0.1) is 24.9 Å². The molecule has 21 nitrogen and oxygen atoms in total. The summed E-state index contributed by atoms with van der Waals surface area (Å²) in [5.41, 5.74) is 11.4. The molecule has 24 heteroatoms. The molecular formula is C21H25N9O12P2S. The SMILES string of the molecule is Nc1nc2c(ccn2[C@@H]2O[C@@H]3COP(=O)(O)OC4C(O)[C@@H](COP(O)(=S)OC2C3O)O[C@H]4n2cnc3c(N)ncnc32)c(=O)[nH]1. The van der Waals surface area contributed by atoms with Crippen molar-refractivity contribution in [2.75, 3.05) is 24.7 Å². The maximum atomic E-state index is 13.2. The van der Waals surface area contributed by atoms with Crippen molar-refractivity contribution < 1.29 is 52.1 Å². The Labute approximate surface area is 255 Å². The van der Waals surface area contributed by atoms with Crippen molar-refractivity contribution in [1.82, 2.24) is 34.1 Å². The number of imidazole rings is 1. The Morgan fingerprint density at radius 1 is 0.956 bits per heavy atom. The Balaban J connectivity index is 1.23. The number of H-pyrrole nitrogens is 1. The number of phosphoric ester groups is 1. The van der Waals surface area contributed by atoms with Crippen molar-refractivity contribution in [3.63, 3.8) is 0 Å². The van der Waals surface area contributed by atoms with Crippen LogP contribution in [-0.4, -0.2) is 104 Å². The Kier molecular flexibility index (Phi) is 7.56. The highest BCUT2D eigenvalue weighted by Gasteiger charge is 2.53. The number of aromatic amines is 1. The topological polar surface area (TPSA) is 300 Å². The van der Waals surface area contributed by atoms with Gasteiger partial charge in [-0.3, -0.25) is 27.9 Å². The van der Waals surface area contributed by atoms with Crippen molar-refractivity contribution >= 4 is 60.3 Å². The molecule has 0 aliphatic carbocycles. The van der Waals surface area contributed by atoms with Gasteiger partial charge in [0.2, 0.25) is 5.95 Å². The Hall–Kier alpha value is -2.95. The Bertz CT molecular complexity index is 1940. The fraction of sp³-hybridized carbons (Fsp3) is 0.476. The maximum absolute atomic E-state index is 13.2. The number of hydrogen-bond acceptors (Lipinski definition) is 17. The van der Waals surface area contributed by atoms with Crippen LogP contribution >= 0.6 is 14.5 Å². The van der Waals surface area contributed by atoms with E-state index in [9.17, 15) is 29.4 Å². The first kappa shape index (κ1) is 30.7. The van der Waals surface area contributed by atoms with E-state index in [1.54, 1.807) is 0 Å². The summed E-state index contributed by atoms with van der Waals surface area (Å²) in [5, 5.41) is 22.4. The number of nitrogens with one attached hydrogen (secondary N) is 1. The number of nitrogens with two attached hydrogens (primary N) is 2. The van der Waals surface area contributed by atoms with Gasteiger partial charge >= 0.3 is 14.5 Å². The summed E-state index contributed by atoms with van der Waals surface area (Å²) in [7, 11) is -5.02. The molecule has 6 unspecified atom stereocenters. The molecule has 9 N–H and O–H groups in total. The molecule has 0 spiro atoms. The van der Waals surface area contributed by atoms with Gasteiger partial charge in [-0.15, -0.1) is 0 Å². The number of aromatic nitrogens is 7. The van der Waals surface area contributed by atoms with E-state index in [0.29, 0.717) is 0 Å². The van der Waals surface area contributed by atoms with Gasteiger partial charge in [-0.2, -0.15) is 4.98 Å². The number of aliphatic hydroxyl groups excluding tert-OH is 2. The molecule has 4 bridgehead atoms. The summed E-state index contributed by atoms with van der Waals surface area (Å²) < 4.78 is 49.5. The molecule has 7 rings (SSSR count). The van der Waals surface area contributed by atoms with Gasteiger partial charge in [-0.25, -0.2) is 19.5 Å². The van der Waals surface area contributed by atoms with E-state index in [0.717, 1.165) is 0 Å². The maximum Gasteiger partial charge on any atom is 0.472 e. The average Bonchev–Trinajstić information content (AvgIpc) is 3.72. The second kappa shape index (κ2) is 11.1. The van der Waals surface area contributed by atoms with Gasteiger partial charge in [0, 0.05) is 6.20 Å². The molecule has 4 aromatic rings. The van der Waals surface area contributed by atoms with Crippen molar-refractivity contribution in [3.05, 3.63) is 35.3 Å². The summed E-state index contributed by atoms with van der Waals surface area (Å²) in [6.45, 7) is -5.58. The first-order valence-corrected chi connectivity index (χ1v) is 17.2. The number of hydrogen-bond donors (Lipinski definition) is 7. The lowest BCUT2D eigenvalue weighted by molar-refractivity contribution is -0.0648. The predicted octanol–water partition coefficient (Wildman–Crippen LogP) is -1.62. The zero-order chi connectivity index (χ0) is 31.8. The predicted molar refractivity (Wildman–Crippen MR) is 152 cm³/mol. The van der Waals surface area contributed by atoms with Crippen LogP contribution in [0.25, 0.3) is 22.2 Å². The molecule has 3 saturated heterocycles. The number of phosphoric acid groups is 1. The summed E-state index contributed by atoms with van der Waals surface area (Å²) in [5.74, 6) is -0.157. The summed E-state index contributed by atoms with van der Waals surface area (Å²) >= 11 is 5.22. The molecule has 45 heavy (non-hydrogen) atoms. The summed E-state index contributed by atoms with van der Waals surface area (Å²) in [4.78, 5) is 52.7. The van der Waals surface area contributed by atoms with Crippen molar-refractivity contribution in [2.24, 2.45) is 0 Å². The number of nitrogen functional groups attached to an aromatic ring is 2. The van der Waals surface area contributed by atoms with E-state index in [1.165, 1.54) is 34.1 Å². The van der Waals surface area contributed by atoms with Crippen LogP contribution in [0.2, 0.25) is 0 Å². The monoisotopic (exact) mass is 689 g/mol. The highest BCUT2D eigenvalue weighted by Crippen LogP contribution is 2.54. The van der Waals surface area contributed by atoms with Gasteiger partial charge in [0.15, 0.2) is 29.6 Å². The van der Waals surface area contributed by atoms with E-state index < -0.39 is 82.4 Å². The van der Waals surface area contributed by atoms with E-state index in [-0.39, 0.29) is 34.0 Å². The minimum Gasteiger partial charge on any atom is -0.387 e. The minimum atomic E-state index is -5.02. The molecule has 3 aliphatic rings. The van der Waals surface area contributed by atoms with Gasteiger partial charge < -0.3 is 50.0 Å². The number of nitrogens with zero attached hydrogens (tertiary/aromatic N) is 6. The van der Waals surface area contributed by atoms with Crippen LogP contribution in [0.4, 0.5) is 11.8 Å². The first-order chi connectivity index (χ1) is 21.3. The van der Waals surface area contributed by atoms with Gasteiger partial charge in [-0.1, -0.05) is 0 Å². The van der Waals surface area contributed by atoms with Crippen LogP contribution in [-0.2, 0) is 43.9 Å². The molecular weight excluding hydrogens is 664 g/mol. The highest BCUT2D eigenvalue weighted by atomic mass is 32.5. The van der Waals surface area contributed by atoms with Crippen LogP contribution in [0.1, 0.15) is 12.5 Å². The smallest absolute Gasteiger partial charge is 0.387 e. The van der Waals surface area contributed by atoms with E-state index >= 15 is 0 Å². The van der Waals surface area contributed by atoms with Crippen molar-refractivity contribution in [1.29, 1.82) is 0 Å². The fourth-order valence-electron chi connectivity index (χ4n) is 5.41. The lowest BCUT2D eigenvalue weighted by Gasteiger charge is -2.27. The number of fused-ring (bicyclic) bond motifs is 6.